The molecular formula is C30H36ClN5O3S. The SMILES string of the molecule is C=CS(=O)(=O)C1CCCN(c2nc(OC[C@@H]3CCCN3C)nc3c2CCN(c2cccc4cccc(Cl)c24)C3)C1. The van der Waals surface area contributed by atoms with Gasteiger partial charge in [-0.15, -0.1) is 0 Å². The summed E-state index contributed by atoms with van der Waals surface area (Å²) in [5.74, 6) is 0.805. The Balaban J connectivity index is 1.35. The molecule has 4 heterocycles. The first-order valence-electron chi connectivity index (χ1n) is 14.1. The number of ether oxygens (including phenoxy) is 1. The van der Waals surface area contributed by atoms with Crippen LogP contribution in [-0.4, -0.2) is 74.4 Å². The van der Waals surface area contributed by atoms with Crippen molar-refractivity contribution in [3.8, 4) is 6.01 Å². The van der Waals surface area contributed by atoms with Crippen molar-refractivity contribution in [3.63, 3.8) is 0 Å². The third-order valence-electron chi connectivity index (χ3n) is 8.65. The molecule has 8 nitrogen and oxygen atoms in total. The zero-order valence-corrected chi connectivity index (χ0v) is 24.5. The van der Waals surface area contributed by atoms with E-state index in [1.807, 2.05) is 12.1 Å². The van der Waals surface area contributed by atoms with Crippen molar-refractivity contribution in [1.29, 1.82) is 0 Å². The lowest BCUT2D eigenvalue weighted by Crippen LogP contribution is -2.43. The summed E-state index contributed by atoms with van der Waals surface area (Å²) >= 11 is 6.67. The van der Waals surface area contributed by atoms with Gasteiger partial charge in [0.1, 0.15) is 12.4 Å². The molecule has 40 heavy (non-hydrogen) atoms. The van der Waals surface area contributed by atoms with Crippen molar-refractivity contribution in [2.24, 2.45) is 0 Å². The Bertz CT molecular complexity index is 1530. The molecule has 2 saturated heterocycles. The van der Waals surface area contributed by atoms with E-state index >= 15 is 0 Å². The molecule has 212 valence electrons. The summed E-state index contributed by atoms with van der Waals surface area (Å²) in [7, 11) is -1.24. The van der Waals surface area contributed by atoms with Gasteiger partial charge in [-0.2, -0.15) is 9.97 Å². The Morgan fingerprint density at radius 1 is 1.07 bits per heavy atom. The van der Waals surface area contributed by atoms with Crippen LogP contribution in [0, 0.1) is 0 Å². The second-order valence-corrected chi connectivity index (χ2v) is 13.7. The van der Waals surface area contributed by atoms with Crippen LogP contribution in [0.1, 0.15) is 36.9 Å². The van der Waals surface area contributed by atoms with E-state index < -0.39 is 15.1 Å². The van der Waals surface area contributed by atoms with E-state index in [-0.39, 0.29) is 0 Å². The summed E-state index contributed by atoms with van der Waals surface area (Å²) in [6.07, 6.45) is 4.41. The van der Waals surface area contributed by atoms with Gasteiger partial charge < -0.3 is 19.4 Å². The largest absolute Gasteiger partial charge is 0.462 e. The number of hydrogen-bond acceptors (Lipinski definition) is 8. The van der Waals surface area contributed by atoms with Crippen LogP contribution in [0.5, 0.6) is 6.01 Å². The van der Waals surface area contributed by atoms with Crippen LogP contribution in [0.15, 0.2) is 48.4 Å². The van der Waals surface area contributed by atoms with Gasteiger partial charge in [0, 0.05) is 47.7 Å². The van der Waals surface area contributed by atoms with Gasteiger partial charge in [0.25, 0.3) is 0 Å². The Morgan fingerprint density at radius 2 is 1.88 bits per heavy atom. The number of sulfone groups is 1. The number of aromatic nitrogens is 2. The maximum absolute atomic E-state index is 12.7. The number of halogens is 1. The normalized spacial score (nSPS) is 21.9. The van der Waals surface area contributed by atoms with Crippen LogP contribution in [-0.2, 0) is 22.8 Å². The van der Waals surface area contributed by atoms with E-state index in [4.69, 9.17) is 26.3 Å². The minimum absolute atomic E-state index is 0.342. The average Bonchev–Trinajstić information content (AvgIpc) is 3.39. The van der Waals surface area contributed by atoms with Gasteiger partial charge in [0.15, 0.2) is 9.84 Å². The van der Waals surface area contributed by atoms with Gasteiger partial charge in [0.2, 0.25) is 0 Å². The molecule has 10 heteroatoms. The molecule has 1 aromatic heterocycles. The molecule has 0 amide bonds. The molecule has 1 unspecified atom stereocenters. The highest BCUT2D eigenvalue weighted by molar-refractivity contribution is 7.94. The summed E-state index contributed by atoms with van der Waals surface area (Å²) in [5.41, 5.74) is 3.08. The van der Waals surface area contributed by atoms with E-state index in [2.05, 4.69) is 52.6 Å². The maximum Gasteiger partial charge on any atom is 0.318 e. The summed E-state index contributed by atoms with van der Waals surface area (Å²) in [4.78, 5) is 16.6. The van der Waals surface area contributed by atoms with Crippen molar-refractivity contribution in [3.05, 3.63) is 64.7 Å². The highest BCUT2D eigenvalue weighted by Gasteiger charge is 2.33. The molecule has 0 radical (unpaired) electrons. The fraction of sp³-hybridized carbons (Fsp3) is 0.467. The van der Waals surface area contributed by atoms with Crippen molar-refractivity contribution >= 4 is 43.7 Å². The summed E-state index contributed by atoms with van der Waals surface area (Å²) in [6.45, 7) is 7.67. The number of likely N-dealkylation sites (tertiary alicyclic amines) is 1. The first-order valence-corrected chi connectivity index (χ1v) is 16.1. The van der Waals surface area contributed by atoms with E-state index in [1.165, 1.54) is 0 Å². The van der Waals surface area contributed by atoms with Crippen molar-refractivity contribution in [1.82, 2.24) is 14.9 Å². The minimum Gasteiger partial charge on any atom is -0.462 e. The van der Waals surface area contributed by atoms with Gasteiger partial charge >= 0.3 is 6.01 Å². The summed E-state index contributed by atoms with van der Waals surface area (Å²) in [5, 5.41) is 3.48. The Hall–Kier alpha value is -2.88. The Morgan fingerprint density at radius 3 is 2.65 bits per heavy atom. The van der Waals surface area contributed by atoms with Crippen molar-refractivity contribution < 1.29 is 13.2 Å². The lowest BCUT2D eigenvalue weighted by molar-refractivity contribution is 0.187. The van der Waals surface area contributed by atoms with Crippen LogP contribution < -0.4 is 14.5 Å². The second-order valence-electron chi connectivity index (χ2n) is 11.1. The van der Waals surface area contributed by atoms with Crippen LogP contribution in [0.25, 0.3) is 10.8 Å². The predicted octanol–water partition coefficient (Wildman–Crippen LogP) is 4.85. The molecule has 6 rings (SSSR count). The van der Waals surface area contributed by atoms with Crippen LogP contribution >= 0.6 is 11.6 Å². The van der Waals surface area contributed by atoms with Crippen molar-refractivity contribution in [2.45, 2.75) is 49.9 Å². The predicted molar refractivity (Wildman–Crippen MR) is 161 cm³/mol. The molecule has 0 N–H and O–H groups in total. The molecule has 3 aliphatic rings. The quantitative estimate of drug-likeness (QED) is 0.392. The third kappa shape index (κ3) is 5.27. The molecule has 0 aliphatic carbocycles. The molecule has 0 bridgehead atoms. The van der Waals surface area contributed by atoms with E-state index in [0.717, 1.165) is 89.3 Å². The fourth-order valence-corrected chi connectivity index (χ4v) is 7.79. The molecule has 2 aromatic carbocycles. The third-order valence-corrected chi connectivity index (χ3v) is 10.7. The van der Waals surface area contributed by atoms with Crippen LogP contribution in [0.3, 0.4) is 0 Å². The first-order chi connectivity index (χ1) is 19.3. The van der Waals surface area contributed by atoms with Gasteiger partial charge in [0.05, 0.1) is 22.5 Å². The lowest BCUT2D eigenvalue weighted by Gasteiger charge is -2.37. The van der Waals surface area contributed by atoms with E-state index in [9.17, 15) is 8.42 Å². The molecule has 3 aromatic rings. The number of anilines is 2. The standard InChI is InChI=1S/C30H36ClN5O3S/c1-3-40(37,38)23-11-7-16-36(18-23)29-24-14-17-35(27-13-5-9-21-8-4-12-25(31)28(21)27)19-26(24)32-30(33-29)39-20-22-10-6-15-34(22)2/h3-5,8-9,12-13,22-23H,1,6-7,10-11,14-20H2,2H3/t22-,23?/m0/s1. The van der Waals surface area contributed by atoms with E-state index in [1.54, 1.807) is 0 Å². The Labute approximate surface area is 241 Å². The molecule has 3 aliphatic heterocycles. The molecule has 0 spiro atoms. The lowest BCUT2D eigenvalue weighted by atomic mass is 10.0. The van der Waals surface area contributed by atoms with Crippen LogP contribution in [0.4, 0.5) is 11.5 Å². The van der Waals surface area contributed by atoms with Crippen molar-refractivity contribution in [2.75, 3.05) is 49.6 Å². The Kier molecular flexibility index (Phi) is 7.63. The number of likely N-dealkylation sites (N-methyl/N-ethyl adjacent to an activating group) is 1. The monoisotopic (exact) mass is 581 g/mol. The molecular weight excluding hydrogens is 546 g/mol. The maximum atomic E-state index is 12.7. The highest BCUT2D eigenvalue weighted by atomic mass is 35.5. The topological polar surface area (TPSA) is 78.9 Å². The summed E-state index contributed by atoms with van der Waals surface area (Å²) < 4.78 is 31.6. The minimum atomic E-state index is -3.37. The highest BCUT2D eigenvalue weighted by Crippen LogP contribution is 2.37. The fourth-order valence-electron chi connectivity index (χ4n) is 6.36. The number of rotatable bonds is 7. The average molecular weight is 582 g/mol. The number of piperidine rings is 1. The van der Waals surface area contributed by atoms with Gasteiger partial charge in [-0.05, 0) is 63.2 Å². The molecule has 2 fully saturated rings. The van der Waals surface area contributed by atoms with Gasteiger partial charge in [-0.1, -0.05) is 42.4 Å². The number of hydrogen-bond donors (Lipinski definition) is 0. The summed E-state index contributed by atoms with van der Waals surface area (Å²) in [6, 6.07) is 13.0. The molecule has 2 atom stereocenters. The number of fused-ring (bicyclic) bond motifs is 2. The number of nitrogens with zero attached hydrogens (tertiary/aromatic N) is 5. The van der Waals surface area contributed by atoms with E-state index in [0.29, 0.717) is 38.2 Å². The molecule has 0 saturated carbocycles. The van der Waals surface area contributed by atoms with Gasteiger partial charge in [-0.3, -0.25) is 0 Å². The smallest absolute Gasteiger partial charge is 0.318 e. The van der Waals surface area contributed by atoms with Gasteiger partial charge in [-0.25, -0.2) is 8.42 Å². The first kappa shape index (κ1) is 27.3. The zero-order chi connectivity index (χ0) is 27.9. The second kappa shape index (κ2) is 11.2. The van der Waals surface area contributed by atoms with Crippen LogP contribution in [0.2, 0.25) is 5.02 Å². The number of benzene rings is 2. The zero-order valence-electron chi connectivity index (χ0n) is 22.9.